The highest BCUT2D eigenvalue weighted by atomic mass is 19.1. The van der Waals surface area contributed by atoms with E-state index in [9.17, 15) is 4.39 Å². The number of hydrogen-bond donors (Lipinski definition) is 2. The Bertz CT molecular complexity index is 633. The summed E-state index contributed by atoms with van der Waals surface area (Å²) in [6.45, 7) is 3.83. The van der Waals surface area contributed by atoms with Gasteiger partial charge in [-0.3, -0.25) is 15.7 Å². The summed E-state index contributed by atoms with van der Waals surface area (Å²) in [5.41, 5.74) is 1.33. The molecule has 0 bridgehead atoms. The molecule has 0 aliphatic carbocycles. The molecule has 2 aromatic carbocycles. The quantitative estimate of drug-likeness (QED) is 0.640. The van der Waals surface area contributed by atoms with Gasteiger partial charge in [0, 0.05) is 17.2 Å². The minimum absolute atomic E-state index is 0.0222. The van der Waals surface area contributed by atoms with Gasteiger partial charge in [0.25, 0.3) is 0 Å². The number of anilines is 1. The average molecular weight is 283 g/mol. The zero-order valence-corrected chi connectivity index (χ0v) is 12.1. The Hall–Kier alpha value is -2.49. The number of rotatable bonds is 3. The van der Waals surface area contributed by atoms with E-state index >= 15 is 0 Å². The van der Waals surface area contributed by atoms with Crippen molar-refractivity contribution >= 4 is 17.4 Å². The molecule has 0 spiro atoms. The topological polar surface area (TPSA) is 50.9 Å². The molecule has 0 atom stereocenters. The molecule has 0 amide bonds. The van der Waals surface area contributed by atoms with Crippen molar-refractivity contribution in [1.29, 1.82) is 10.8 Å². The summed E-state index contributed by atoms with van der Waals surface area (Å²) < 4.78 is 13.0. The Morgan fingerprint density at radius 3 is 2.05 bits per heavy atom. The van der Waals surface area contributed by atoms with E-state index in [1.807, 2.05) is 44.2 Å². The molecule has 21 heavy (non-hydrogen) atoms. The van der Waals surface area contributed by atoms with Crippen molar-refractivity contribution in [3.63, 3.8) is 0 Å². The molecular weight excluding hydrogens is 265 g/mol. The van der Waals surface area contributed by atoms with Gasteiger partial charge in [0.1, 0.15) is 17.5 Å². The number of para-hydroxylation sites is 1. The summed E-state index contributed by atoms with van der Waals surface area (Å²) in [5, 5.41) is 16.7. The van der Waals surface area contributed by atoms with Crippen LogP contribution < -0.4 is 4.90 Å². The van der Waals surface area contributed by atoms with E-state index in [1.165, 1.54) is 12.1 Å². The number of nitrogens with one attached hydrogen (secondary N) is 2. The number of benzene rings is 2. The molecule has 0 aromatic heterocycles. The second kappa shape index (κ2) is 6.31. The molecule has 0 fully saturated rings. The van der Waals surface area contributed by atoms with Crippen molar-refractivity contribution in [3.8, 4) is 0 Å². The van der Waals surface area contributed by atoms with Gasteiger partial charge in [-0.1, -0.05) is 32.0 Å². The highest BCUT2D eigenvalue weighted by molar-refractivity contribution is 6.23. The van der Waals surface area contributed by atoms with Crippen LogP contribution in [0.5, 0.6) is 0 Å². The van der Waals surface area contributed by atoms with Crippen LogP contribution in [-0.4, -0.2) is 11.7 Å². The maximum Gasteiger partial charge on any atom is 0.138 e. The van der Waals surface area contributed by atoms with Crippen LogP contribution in [-0.2, 0) is 0 Å². The third-order valence-corrected chi connectivity index (χ3v) is 3.14. The van der Waals surface area contributed by atoms with Crippen LogP contribution in [0, 0.1) is 22.6 Å². The summed E-state index contributed by atoms with van der Waals surface area (Å²) in [4.78, 5) is 1.58. The third-order valence-electron chi connectivity index (χ3n) is 3.14. The van der Waals surface area contributed by atoms with Crippen LogP contribution >= 0.6 is 0 Å². The standard InChI is InChI=1S/C17H18FN3/c1-12(2)16(19)21(15-6-4-3-5-7-15)17(20)13-8-10-14(18)11-9-13/h3-12,19-20H,1-2H3. The van der Waals surface area contributed by atoms with Gasteiger partial charge in [-0.2, -0.15) is 0 Å². The monoisotopic (exact) mass is 283 g/mol. The Balaban J connectivity index is 2.42. The van der Waals surface area contributed by atoms with Gasteiger partial charge in [0.05, 0.1) is 0 Å². The molecule has 2 rings (SSSR count). The van der Waals surface area contributed by atoms with Crippen LogP contribution in [0.4, 0.5) is 10.1 Å². The van der Waals surface area contributed by atoms with E-state index in [4.69, 9.17) is 10.8 Å². The molecular formula is C17H18FN3. The maximum atomic E-state index is 13.0. The van der Waals surface area contributed by atoms with Crippen molar-refractivity contribution in [2.24, 2.45) is 5.92 Å². The second-order valence-electron chi connectivity index (χ2n) is 5.07. The van der Waals surface area contributed by atoms with Crippen molar-refractivity contribution in [2.45, 2.75) is 13.8 Å². The van der Waals surface area contributed by atoms with Gasteiger partial charge in [0.15, 0.2) is 0 Å². The normalized spacial score (nSPS) is 10.5. The van der Waals surface area contributed by atoms with E-state index < -0.39 is 0 Å². The van der Waals surface area contributed by atoms with Crippen LogP contribution in [0.15, 0.2) is 54.6 Å². The van der Waals surface area contributed by atoms with Crippen molar-refractivity contribution in [1.82, 2.24) is 0 Å². The summed E-state index contributed by atoms with van der Waals surface area (Å²) in [7, 11) is 0. The second-order valence-corrected chi connectivity index (χ2v) is 5.07. The first-order valence-corrected chi connectivity index (χ1v) is 6.79. The van der Waals surface area contributed by atoms with E-state index in [-0.39, 0.29) is 17.6 Å². The largest absolute Gasteiger partial charge is 0.288 e. The van der Waals surface area contributed by atoms with Crippen LogP contribution in [0.3, 0.4) is 0 Å². The number of nitrogens with zero attached hydrogens (tertiary/aromatic N) is 1. The fraction of sp³-hybridized carbons (Fsp3) is 0.176. The smallest absolute Gasteiger partial charge is 0.138 e. The fourth-order valence-electron chi connectivity index (χ4n) is 1.96. The first-order valence-electron chi connectivity index (χ1n) is 6.79. The molecule has 4 heteroatoms. The summed E-state index contributed by atoms with van der Waals surface area (Å²) in [5.74, 6) is 0.137. The zero-order chi connectivity index (χ0) is 15.4. The lowest BCUT2D eigenvalue weighted by Gasteiger charge is -2.27. The number of hydrogen-bond acceptors (Lipinski definition) is 2. The van der Waals surface area contributed by atoms with Gasteiger partial charge in [-0.25, -0.2) is 4.39 Å². The predicted molar refractivity (Wildman–Crippen MR) is 84.7 cm³/mol. The molecule has 0 unspecified atom stereocenters. The molecule has 0 aliphatic rings. The van der Waals surface area contributed by atoms with Gasteiger partial charge in [-0.15, -0.1) is 0 Å². The molecule has 0 aliphatic heterocycles. The predicted octanol–water partition coefficient (Wildman–Crippen LogP) is 4.29. The van der Waals surface area contributed by atoms with E-state index in [2.05, 4.69) is 0 Å². The van der Waals surface area contributed by atoms with Gasteiger partial charge in [0.2, 0.25) is 0 Å². The Morgan fingerprint density at radius 2 is 1.52 bits per heavy atom. The minimum atomic E-state index is -0.336. The molecule has 108 valence electrons. The van der Waals surface area contributed by atoms with Gasteiger partial charge >= 0.3 is 0 Å². The molecule has 0 heterocycles. The summed E-state index contributed by atoms with van der Waals surface area (Å²) in [6.07, 6.45) is 0. The van der Waals surface area contributed by atoms with Crippen LogP contribution in [0.25, 0.3) is 0 Å². The Morgan fingerprint density at radius 1 is 0.952 bits per heavy atom. The Kier molecular flexibility index (Phi) is 4.48. The van der Waals surface area contributed by atoms with Gasteiger partial charge < -0.3 is 0 Å². The minimum Gasteiger partial charge on any atom is -0.288 e. The van der Waals surface area contributed by atoms with Crippen molar-refractivity contribution < 1.29 is 4.39 Å². The number of amidine groups is 2. The lowest BCUT2D eigenvalue weighted by atomic mass is 10.1. The molecule has 3 nitrogen and oxygen atoms in total. The van der Waals surface area contributed by atoms with E-state index in [0.29, 0.717) is 11.4 Å². The zero-order valence-electron chi connectivity index (χ0n) is 12.1. The lowest BCUT2D eigenvalue weighted by Crippen LogP contribution is -2.39. The molecule has 2 N–H and O–H groups in total. The van der Waals surface area contributed by atoms with Crippen molar-refractivity contribution in [3.05, 3.63) is 66.0 Å². The lowest BCUT2D eigenvalue weighted by molar-refractivity contribution is 0.628. The van der Waals surface area contributed by atoms with Gasteiger partial charge in [-0.05, 0) is 36.4 Å². The first-order chi connectivity index (χ1) is 10.0. The molecule has 0 saturated carbocycles. The molecule has 2 aromatic rings. The average Bonchev–Trinajstić information content (AvgIpc) is 2.49. The third kappa shape index (κ3) is 3.34. The summed E-state index contributed by atoms with van der Waals surface area (Å²) in [6, 6.07) is 15.1. The van der Waals surface area contributed by atoms with E-state index in [1.54, 1.807) is 17.0 Å². The first kappa shape index (κ1) is 14.9. The maximum absolute atomic E-state index is 13.0. The fourth-order valence-corrected chi connectivity index (χ4v) is 1.96. The van der Waals surface area contributed by atoms with Crippen LogP contribution in [0.1, 0.15) is 19.4 Å². The summed E-state index contributed by atoms with van der Waals surface area (Å²) >= 11 is 0. The Labute approximate surface area is 124 Å². The molecule has 0 radical (unpaired) electrons. The highest BCUT2D eigenvalue weighted by Crippen LogP contribution is 2.20. The van der Waals surface area contributed by atoms with E-state index in [0.717, 1.165) is 5.69 Å². The van der Waals surface area contributed by atoms with Crippen LogP contribution in [0.2, 0.25) is 0 Å². The van der Waals surface area contributed by atoms with Crippen molar-refractivity contribution in [2.75, 3.05) is 4.90 Å². The molecule has 0 saturated heterocycles. The number of halogens is 1. The highest BCUT2D eigenvalue weighted by Gasteiger charge is 2.20. The SMILES string of the molecule is CC(C)C(=N)N(C(=N)c1ccc(F)cc1)c1ccccc1.